The first-order valence-corrected chi connectivity index (χ1v) is 6.32. The molecule has 0 heterocycles. The molecule has 0 rings (SSSR count). The molecule has 0 saturated carbocycles. The summed E-state index contributed by atoms with van der Waals surface area (Å²) in [5.41, 5.74) is 9.25. The van der Waals surface area contributed by atoms with Gasteiger partial charge in [0.05, 0.1) is 6.61 Å². The minimum absolute atomic E-state index is 0.500. The van der Waals surface area contributed by atoms with Crippen LogP contribution in [-0.4, -0.2) is 46.6 Å². The molecule has 7 heteroatoms. The van der Waals surface area contributed by atoms with Crippen molar-refractivity contribution in [1.82, 2.24) is 4.90 Å². The van der Waals surface area contributed by atoms with Crippen molar-refractivity contribution >= 4 is 34.8 Å². The maximum Gasteiger partial charge on any atom is 0.259 e. The fourth-order valence-electron chi connectivity index (χ4n) is 0.697. The predicted octanol–water partition coefficient (Wildman–Crippen LogP) is 1.40. The molecule has 0 atom stereocenters. The number of thiocarbonyl (C=S) groups is 2. The van der Waals surface area contributed by atoms with E-state index in [1.807, 2.05) is 18.7 Å². The summed E-state index contributed by atoms with van der Waals surface area (Å²) < 4.78 is 5.14. The quantitative estimate of drug-likeness (QED) is 0.675. The minimum atomic E-state index is -0.500. The summed E-state index contributed by atoms with van der Waals surface area (Å²) in [5.74, 6) is 0. The largest absolute Gasteiger partial charge is 0.487 e. The Morgan fingerprint density at radius 3 is 1.65 bits per heavy atom. The highest BCUT2D eigenvalue weighted by molar-refractivity contribution is 7.80. The van der Waals surface area contributed by atoms with Crippen molar-refractivity contribution in [2.45, 2.75) is 27.7 Å². The van der Waals surface area contributed by atoms with E-state index in [1.165, 1.54) is 0 Å². The van der Waals surface area contributed by atoms with E-state index >= 15 is 0 Å². The summed E-state index contributed by atoms with van der Waals surface area (Å²) in [5, 5.41) is 7.68. The van der Waals surface area contributed by atoms with E-state index in [0.29, 0.717) is 11.8 Å². The van der Waals surface area contributed by atoms with Gasteiger partial charge in [0.15, 0.2) is 0 Å². The minimum Gasteiger partial charge on any atom is -0.487 e. The van der Waals surface area contributed by atoms with Crippen LogP contribution in [0.5, 0.6) is 0 Å². The first kappa shape index (κ1) is 21.6. The number of aliphatic hydroxyl groups is 1. The number of nitrogens with two attached hydrogens (primary N) is 2. The number of ether oxygens (including phenoxy) is 1. The lowest BCUT2D eigenvalue weighted by Gasteiger charge is -2.20. The van der Waals surface area contributed by atoms with E-state index < -0.39 is 5.17 Å². The number of hydrogen-bond acceptors (Lipinski definition) is 4. The summed E-state index contributed by atoms with van der Waals surface area (Å²) in [6, 6.07) is 0. The van der Waals surface area contributed by atoms with Gasteiger partial charge in [-0.2, -0.15) is 0 Å². The second-order valence-corrected chi connectivity index (χ2v) is 3.39. The van der Waals surface area contributed by atoms with Crippen LogP contribution < -0.4 is 11.5 Å². The second-order valence-electron chi connectivity index (χ2n) is 2.62. The van der Waals surface area contributed by atoms with Crippen molar-refractivity contribution in [1.29, 1.82) is 0 Å². The molecule has 0 radical (unpaired) electrons. The first-order chi connectivity index (χ1) is 7.90. The summed E-state index contributed by atoms with van der Waals surface area (Å²) >= 11 is 8.85. The molecule has 0 aliphatic heterocycles. The van der Waals surface area contributed by atoms with E-state index in [0.717, 1.165) is 19.6 Å². The molecule has 0 fully saturated rings. The third kappa shape index (κ3) is 25.5. The SMILES string of the molecule is CCN.CCOC(=S)N(CC)CC.NC(O)=S. The summed E-state index contributed by atoms with van der Waals surface area (Å²) in [6.45, 7) is 11.2. The van der Waals surface area contributed by atoms with Gasteiger partial charge >= 0.3 is 0 Å². The van der Waals surface area contributed by atoms with Gasteiger partial charge in [-0.3, -0.25) is 0 Å². The zero-order chi connectivity index (χ0) is 14.3. The van der Waals surface area contributed by atoms with Crippen LogP contribution in [0, 0.1) is 0 Å². The third-order valence-corrected chi connectivity index (χ3v) is 1.67. The topological polar surface area (TPSA) is 84.7 Å². The summed E-state index contributed by atoms with van der Waals surface area (Å²) in [6.07, 6.45) is 0. The monoisotopic (exact) mass is 283 g/mol. The molecule has 0 amide bonds. The molecule has 0 aromatic heterocycles. The van der Waals surface area contributed by atoms with Gasteiger partial charge in [-0.1, -0.05) is 6.92 Å². The lowest BCUT2D eigenvalue weighted by Crippen LogP contribution is -2.30. The van der Waals surface area contributed by atoms with Crippen molar-refractivity contribution in [2.75, 3.05) is 26.2 Å². The Morgan fingerprint density at radius 1 is 1.18 bits per heavy atom. The Bertz CT molecular complexity index is 184. The van der Waals surface area contributed by atoms with Crippen molar-refractivity contribution < 1.29 is 9.84 Å². The standard InChI is InChI=1S/C7H15NOS.C2H7N.CH3NOS/c1-4-8(5-2)7(10)9-6-3;1-2-3;2-1(3)4/h4-6H2,1-3H3;2-3H2,1H3;(H3,2,3,4). The van der Waals surface area contributed by atoms with Gasteiger partial charge < -0.3 is 26.2 Å². The van der Waals surface area contributed by atoms with Crippen molar-refractivity contribution in [2.24, 2.45) is 11.5 Å². The number of rotatable bonds is 3. The van der Waals surface area contributed by atoms with E-state index in [2.05, 4.69) is 31.8 Å². The Labute approximate surface area is 115 Å². The smallest absolute Gasteiger partial charge is 0.259 e. The zero-order valence-corrected chi connectivity index (χ0v) is 12.7. The van der Waals surface area contributed by atoms with Crippen LogP contribution in [0.15, 0.2) is 0 Å². The van der Waals surface area contributed by atoms with Crippen LogP contribution >= 0.6 is 24.4 Å². The van der Waals surface area contributed by atoms with E-state index in [-0.39, 0.29) is 0 Å². The molecule has 104 valence electrons. The third-order valence-electron chi connectivity index (χ3n) is 1.29. The number of nitrogens with zero attached hydrogens (tertiary/aromatic N) is 1. The van der Waals surface area contributed by atoms with Crippen LogP contribution in [0.25, 0.3) is 0 Å². The number of aliphatic hydroxyl groups excluding tert-OH is 1. The van der Waals surface area contributed by atoms with Gasteiger partial charge in [0, 0.05) is 13.1 Å². The highest BCUT2D eigenvalue weighted by Crippen LogP contribution is 1.92. The zero-order valence-electron chi connectivity index (χ0n) is 11.1. The first-order valence-electron chi connectivity index (χ1n) is 5.51. The van der Waals surface area contributed by atoms with Gasteiger partial charge in [-0.15, -0.1) is 0 Å². The molecule has 5 nitrogen and oxygen atoms in total. The molecule has 0 aliphatic carbocycles. The van der Waals surface area contributed by atoms with Gasteiger partial charge in [0.1, 0.15) is 0 Å². The molecule has 5 N–H and O–H groups in total. The molecule has 0 spiro atoms. The normalized spacial score (nSPS) is 7.82. The molecular formula is C10H25N3O2S2. The Morgan fingerprint density at radius 2 is 1.47 bits per heavy atom. The van der Waals surface area contributed by atoms with Crippen molar-refractivity contribution in [3.63, 3.8) is 0 Å². The van der Waals surface area contributed by atoms with Crippen LogP contribution in [0.4, 0.5) is 0 Å². The van der Waals surface area contributed by atoms with Crippen LogP contribution in [0.1, 0.15) is 27.7 Å². The Hall–Kier alpha value is -0.660. The average Bonchev–Trinajstić information content (AvgIpc) is 2.20. The summed E-state index contributed by atoms with van der Waals surface area (Å²) in [7, 11) is 0. The molecule has 0 unspecified atom stereocenters. The maximum atomic E-state index is 7.56. The lowest BCUT2D eigenvalue weighted by atomic mass is 10.6. The fourth-order valence-corrected chi connectivity index (χ4v) is 1.07. The van der Waals surface area contributed by atoms with Crippen molar-refractivity contribution in [3.8, 4) is 0 Å². The Balaban J connectivity index is -0.000000232. The Kier molecular flexibility index (Phi) is 22.5. The molecule has 0 aromatic carbocycles. The molecule has 17 heavy (non-hydrogen) atoms. The van der Waals surface area contributed by atoms with Gasteiger partial charge in [-0.25, -0.2) is 0 Å². The van der Waals surface area contributed by atoms with Gasteiger partial charge in [-0.05, 0) is 51.8 Å². The molecule has 0 aromatic rings. The molecule has 0 aliphatic rings. The summed E-state index contributed by atoms with van der Waals surface area (Å²) in [4.78, 5) is 2.01. The molecule has 0 saturated heterocycles. The molecule has 0 bridgehead atoms. The molecular weight excluding hydrogens is 258 g/mol. The van der Waals surface area contributed by atoms with Crippen LogP contribution in [0.2, 0.25) is 0 Å². The van der Waals surface area contributed by atoms with E-state index in [4.69, 9.17) is 27.8 Å². The lowest BCUT2D eigenvalue weighted by molar-refractivity contribution is 0.264. The van der Waals surface area contributed by atoms with Crippen LogP contribution in [-0.2, 0) is 4.74 Å². The predicted molar refractivity (Wildman–Crippen MR) is 81.3 cm³/mol. The fraction of sp³-hybridized carbons (Fsp3) is 0.800. The van der Waals surface area contributed by atoms with E-state index in [9.17, 15) is 0 Å². The van der Waals surface area contributed by atoms with Gasteiger partial charge in [0.25, 0.3) is 10.3 Å². The highest BCUT2D eigenvalue weighted by atomic mass is 32.1. The van der Waals surface area contributed by atoms with Gasteiger partial charge in [0.2, 0.25) is 0 Å². The van der Waals surface area contributed by atoms with E-state index in [1.54, 1.807) is 0 Å². The van der Waals surface area contributed by atoms with Crippen LogP contribution in [0.3, 0.4) is 0 Å². The second kappa shape index (κ2) is 17.7. The highest BCUT2D eigenvalue weighted by Gasteiger charge is 2.03. The maximum absolute atomic E-state index is 7.56. The average molecular weight is 283 g/mol. The number of hydrogen-bond donors (Lipinski definition) is 3. The van der Waals surface area contributed by atoms with Crippen molar-refractivity contribution in [3.05, 3.63) is 0 Å².